The van der Waals surface area contributed by atoms with E-state index < -0.39 is 17.0 Å². The Balaban J connectivity index is 2.06. The van der Waals surface area contributed by atoms with Crippen LogP contribution in [0.1, 0.15) is 5.56 Å². The van der Waals surface area contributed by atoms with Gasteiger partial charge in [0, 0.05) is 31.8 Å². The third kappa shape index (κ3) is 3.44. The Morgan fingerprint density at radius 2 is 2.35 bits per heavy atom. The molecule has 8 heteroatoms. The van der Waals surface area contributed by atoms with Gasteiger partial charge in [-0.05, 0) is 11.6 Å². The van der Waals surface area contributed by atoms with Gasteiger partial charge in [0.15, 0.2) is 6.10 Å². The summed E-state index contributed by atoms with van der Waals surface area (Å²) in [5.74, 6) is -0.996. The fourth-order valence-electron chi connectivity index (χ4n) is 2.01. The van der Waals surface area contributed by atoms with Gasteiger partial charge in [-0.2, -0.15) is 0 Å². The highest BCUT2D eigenvalue weighted by Crippen LogP contribution is 2.24. The van der Waals surface area contributed by atoms with E-state index in [-0.39, 0.29) is 12.2 Å². The van der Waals surface area contributed by atoms with Gasteiger partial charge in [-0.1, -0.05) is 11.6 Å². The highest BCUT2D eigenvalue weighted by molar-refractivity contribution is 6.31. The van der Waals surface area contributed by atoms with E-state index in [1.165, 1.54) is 12.1 Å². The lowest BCUT2D eigenvalue weighted by Crippen LogP contribution is -2.45. The van der Waals surface area contributed by atoms with Crippen molar-refractivity contribution in [2.75, 3.05) is 19.7 Å². The van der Waals surface area contributed by atoms with Gasteiger partial charge < -0.3 is 9.84 Å². The molecule has 1 aromatic carbocycles. The molecule has 0 saturated carbocycles. The molecular formula is C12H13ClN2O5. The van der Waals surface area contributed by atoms with Gasteiger partial charge in [-0.15, -0.1) is 0 Å². The summed E-state index contributed by atoms with van der Waals surface area (Å²) in [5, 5.41) is 19.9. The molecule has 0 aromatic heterocycles. The summed E-state index contributed by atoms with van der Waals surface area (Å²) in [6.07, 6.45) is -0.847. The predicted octanol–water partition coefficient (Wildman–Crippen LogP) is 1.53. The number of morpholine rings is 1. The van der Waals surface area contributed by atoms with Gasteiger partial charge in [-0.25, -0.2) is 4.79 Å². The molecule has 1 aliphatic heterocycles. The normalized spacial score (nSPS) is 19.8. The van der Waals surface area contributed by atoms with Crippen LogP contribution >= 0.6 is 11.6 Å². The summed E-state index contributed by atoms with van der Waals surface area (Å²) < 4.78 is 5.12. The minimum atomic E-state index is -0.996. The lowest BCUT2D eigenvalue weighted by molar-refractivity contribution is -0.384. The van der Waals surface area contributed by atoms with Gasteiger partial charge in [0.1, 0.15) is 0 Å². The molecule has 1 fully saturated rings. The van der Waals surface area contributed by atoms with E-state index in [4.69, 9.17) is 21.4 Å². The number of nitro benzene ring substituents is 1. The predicted molar refractivity (Wildman–Crippen MR) is 70.8 cm³/mol. The van der Waals surface area contributed by atoms with Crippen molar-refractivity contribution in [2.45, 2.75) is 12.6 Å². The molecule has 20 heavy (non-hydrogen) atoms. The standard InChI is InChI=1S/C12H13ClN2O5/c13-10-5-9(15(18)19)2-1-8(10)6-14-3-4-20-11(7-14)12(16)17/h1-2,5,11H,3-4,6-7H2,(H,16,17). The zero-order valence-corrected chi connectivity index (χ0v) is 11.2. The molecule has 0 bridgehead atoms. The van der Waals surface area contributed by atoms with Crippen LogP contribution in [0.3, 0.4) is 0 Å². The van der Waals surface area contributed by atoms with Crippen molar-refractivity contribution in [1.29, 1.82) is 0 Å². The van der Waals surface area contributed by atoms with Crippen LogP contribution in [-0.4, -0.2) is 46.7 Å². The molecule has 0 aliphatic carbocycles. The second-order valence-electron chi connectivity index (χ2n) is 4.47. The van der Waals surface area contributed by atoms with E-state index in [1.807, 2.05) is 4.90 Å². The number of aliphatic carboxylic acids is 1. The first-order chi connectivity index (χ1) is 9.47. The second-order valence-corrected chi connectivity index (χ2v) is 4.87. The SMILES string of the molecule is O=C(O)C1CN(Cc2ccc([N+](=O)[O-])cc2Cl)CCO1. The van der Waals surface area contributed by atoms with Crippen molar-refractivity contribution in [1.82, 2.24) is 4.90 Å². The highest BCUT2D eigenvalue weighted by atomic mass is 35.5. The third-order valence-corrected chi connectivity index (χ3v) is 3.42. The molecule has 1 atom stereocenters. The highest BCUT2D eigenvalue weighted by Gasteiger charge is 2.26. The number of hydrogen-bond donors (Lipinski definition) is 1. The van der Waals surface area contributed by atoms with E-state index in [1.54, 1.807) is 6.07 Å². The Kier molecular flexibility index (Phi) is 4.53. The number of carboxylic acid groups (broad SMARTS) is 1. The van der Waals surface area contributed by atoms with Gasteiger partial charge in [-0.3, -0.25) is 15.0 Å². The molecule has 7 nitrogen and oxygen atoms in total. The average Bonchev–Trinajstić information content (AvgIpc) is 2.41. The van der Waals surface area contributed by atoms with Crippen LogP contribution in [0.5, 0.6) is 0 Å². The van der Waals surface area contributed by atoms with E-state index >= 15 is 0 Å². The zero-order valence-electron chi connectivity index (χ0n) is 10.5. The lowest BCUT2D eigenvalue weighted by atomic mass is 10.1. The van der Waals surface area contributed by atoms with Crippen molar-refractivity contribution in [2.24, 2.45) is 0 Å². The monoisotopic (exact) mass is 300 g/mol. The maximum Gasteiger partial charge on any atom is 0.334 e. The number of non-ortho nitro benzene ring substituents is 1. The summed E-state index contributed by atoms with van der Waals surface area (Å²) in [6.45, 7) is 1.63. The number of nitro groups is 1. The average molecular weight is 301 g/mol. The van der Waals surface area contributed by atoms with Crippen molar-refractivity contribution in [3.05, 3.63) is 38.9 Å². The third-order valence-electron chi connectivity index (χ3n) is 3.07. The van der Waals surface area contributed by atoms with Crippen LogP contribution in [0.4, 0.5) is 5.69 Å². The molecule has 1 aromatic rings. The summed E-state index contributed by atoms with van der Waals surface area (Å²) >= 11 is 6.01. The number of ether oxygens (including phenoxy) is 1. The summed E-state index contributed by atoms with van der Waals surface area (Å²) in [5.41, 5.74) is 0.660. The molecule has 2 rings (SSSR count). The minimum absolute atomic E-state index is 0.0656. The number of benzene rings is 1. The zero-order chi connectivity index (χ0) is 14.7. The Bertz CT molecular complexity index is 537. The molecule has 1 saturated heterocycles. The fraction of sp³-hybridized carbons (Fsp3) is 0.417. The minimum Gasteiger partial charge on any atom is -0.479 e. The first kappa shape index (κ1) is 14.7. The van der Waals surface area contributed by atoms with Crippen LogP contribution in [0.2, 0.25) is 5.02 Å². The number of nitrogens with zero attached hydrogens (tertiary/aromatic N) is 2. The fourth-order valence-corrected chi connectivity index (χ4v) is 2.25. The molecule has 1 unspecified atom stereocenters. The first-order valence-electron chi connectivity index (χ1n) is 5.97. The van der Waals surface area contributed by atoms with E-state index in [0.29, 0.717) is 24.7 Å². The van der Waals surface area contributed by atoms with Crippen molar-refractivity contribution in [3.63, 3.8) is 0 Å². The Hall–Kier alpha value is -1.70. The quantitative estimate of drug-likeness (QED) is 0.669. The molecule has 108 valence electrons. The first-order valence-corrected chi connectivity index (χ1v) is 6.35. The number of rotatable bonds is 4. The molecule has 1 aliphatic rings. The maximum absolute atomic E-state index is 10.9. The molecular weight excluding hydrogens is 288 g/mol. The maximum atomic E-state index is 10.9. The topological polar surface area (TPSA) is 92.9 Å². The molecule has 0 amide bonds. The number of carboxylic acids is 1. The van der Waals surface area contributed by atoms with Crippen LogP contribution in [0, 0.1) is 10.1 Å². The van der Waals surface area contributed by atoms with Gasteiger partial charge in [0.05, 0.1) is 16.6 Å². The van der Waals surface area contributed by atoms with Crippen LogP contribution in [0.25, 0.3) is 0 Å². The summed E-state index contributed by atoms with van der Waals surface area (Å²) in [6, 6.07) is 4.27. The number of carbonyl (C=O) groups is 1. The van der Waals surface area contributed by atoms with Gasteiger partial charge in [0.25, 0.3) is 5.69 Å². The van der Waals surface area contributed by atoms with Crippen molar-refractivity contribution in [3.8, 4) is 0 Å². The largest absolute Gasteiger partial charge is 0.479 e. The van der Waals surface area contributed by atoms with Crippen molar-refractivity contribution < 1.29 is 19.6 Å². The molecule has 0 radical (unpaired) electrons. The summed E-state index contributed by atoms with van der Waals surface area (Å²) in [7, 11) is 0. The van der Waals surface area contributed by atoms with Crippen LogP contribution < -0.4 is 0 Å². The van der Waals surface area contributed by atoms with Gasteiger partial charge >= 0.3 is 5.97 Å². The number of hydrogen-bond acceptors (Lipinski definition) is 5. The van der Waals surface area contributed by atoms with E-state index in [9.17, 15) is 14.9 Å². The van der Waals surface area contributed by atoms with Crippen LogP contribution in [0.15, 0.2) is 18.2 Å². The van der Waals surface area contributed by atoms with E-state index in [2.05, 4.69) is 0 Å². The lowest BCUT2D eigenvalue weighted by Gasteiger charge is -2.30. The molecule has 0 spiro atoms. The Labute approximate surface area is 119 Å². The van der Waals surface area contributed by atoms with E-state index in [0.717, 1.165) is 5.56 Å². The van der Waals surface area contributed by atoms with Crippen LogP contribution in [-0.2, 0) is 16.1 Å². The van der Waals surface area contributed by atoms with Gasteiger partial charge in [0.2, 0.25) is 0 Å². The van der Waals surface area contributed by atoms with Crippen molar-refractivity contribution >= 4 is 23.3 Å². The Morgan fingerprint density at radius 3 is 2.95 bits per heavy atom. The molecule has 1 N–H and O–H groups in total. The second kappa shape index (κ2) is 6.17. The number of halogens is 1. The Morgan fingerprint density at radius 1 is 1.60 bits per heavy atom. The molecule has 1 heterocycles. The summed E-state index contributed by atoms with van der Waals surface area (Å²) in [4.78, 5) is 22.9. The smallest absolute Gasteiger partial charge is 0.334 e.